The smallest absolute Gasteiger partial charge is 0.251 e. The number of hydrogen-bond acceptors (Lipinski definition) is 4. The van der Waals surface area contributed by atoms with E-state index in [0.29, 0.717) is 11.1 Å². The Morgan fingerprint density at radius 2 is 1.77 bits per heavy atom. The van der Waals surface area contributed by atoms with E-state index in [2.05, 4.69) is 38.2 Å². The third kappa shape index (κ3) is 10.3. The molecule has 0 heterocycles. The van der Waals surface area contributed by atoms with Crippen molar-refractivity contribution in [3.63, 3.8) is 0 Å². The highest BCUT2D eigenvalue weighted by Gasteiger charge is 2.29. The number of allylic oxidation sites excluding steroid dienone is 6. The molecule has 1 atom stereocenters. The van der Waals surface area contributed by atoms with Crippen molar-refractivity contribution in [3.05, 3.63) is 143 Å². The summed E-state index contributed by atoms with van der Waals surface area (Å²) in [6, 6.07) is 5.93. The number of nitrogens with one attached hydrogen (secondary N) is 1. The van der Waals surface area contributed by atoms with E-state index in [4.69, 9.17) is 23.2 Å². The summed E-state index contributed by atoms with van der Waals surface area (Å²) < 4.78 is 41.2. The minimum Gasteiger partial charge on any atom is -0.505 e. The average molecular weight is 594 g/mol. The number of aliphatic hydroxyl groups is 1. The van der Waals surface area contributed by atoms with Crippen molar-refractivity contribution < 1.29 is 22.7 Å². The Kier molecular flexibility index (Phi) is 13.7. The van der Waals surface area contributed by atoms with Crippen LogP contribution in [0.1, 0.15) is 22.8 Å². The quantitative estimate of drug-likeness (QED) is 0.168. The number of amides is 1. The molecule has 0 aliphatic rings. The SMILES string of the molecule is C=C/C=C(\C=C)C(C)NC(=O)c1ccc(CN(CC(=C)/C=C\C(=C)F)S(=O)(=O)C(/C=C/Cl)=C(\O)C(=C)Cl)cc1. The van der Waals surface area contributed by atoms with Crippen LogP contribution >= 0.6 is 23.2 Å². The molecule has 0 spiro atoms. The molecule has 1 aromatic rings. The van der Waals surface area contributed by atoms with Gasteiger partial charge in [-0.05, 0) is 47.9 Å². The lowest BCUT2D eigenvalue weighted by atomic mass is 10.1. The highest BCUT2D eigenvalue weighted by Crippen LogP contribution is 2.26. The number of carbonyl (C=O) groups excluding carboxylic acids is 1. The van der Waals surface area contributed by atoms with Gasteiger partial charge in [-0.2, -0.15) is 4.31 Å². The Morgan fingerprint density at radius 1 is 1.15 bits per heavy atom. The molecule has 1 amide bonds. The summed E-state index contributed by atoms with van der Waals surface area (Å²) in [6.07, 6.45) is 8.23. The highest BCUT2D eigenvalue weighted by atomic mass is 35.5. The first-order chi connectivity index (χ1) is 18.3. The number of hydrogen-bond donors (Lipinski definition) is 2. The minimum absolute atomic E-state index is 0.200. The summed E-state index contributed by atoms with van der Waals surface area (Å²) in [5.74, 6) is -1.87. The largest absolute Gasteiger partial charge is 0.505 e. The summed E-state index contributed by atoms with van der Waals surface area (Å²) in [7, 11) is -4.43. The summed E-state index contributed by atoms with van der Waals surface area (Å²) in [5, 5.41) is 12.8. The lowest BCUT2D eigenvalue weighted by molar-refractivity contribution is 0.0945. The maximum atomic E-state index is 13.5. The Labute approximate surface area is 239 Å². The molecule has 6 nitrogen and oxygen atoms in total. The predicted molar refractivity (Wildman–Crippen MR) is 159 cm³/mol. The molecule has 0 saturated carbocycles. The van der Waals surface area contributed by atoms with Crippen molar-refractivity contribution in [2.45, 2.75) is 19.5 Å². The first-order valence-corrected chi connectivity index (χ1v) is 13.6. The van der Waals surface area contributed by atoms with Gasteiger partial charge in [-0.1, -0.05) is 92.5 Å². The van der Waals surface area contributed by atoms with Crippen molar-refractivity contribution in [2.75, 3.05) is 6.54 Å². The van der Waals surface area contributed by atoms with Crippen LogP contribution < -0.4 is 5.32 Å². The summed E-state index contributed by atoms with van der Waals surface area (Å²) in [6.45, 7) is 18.9. The Morgan fingerprint density at radius 3 is 2.26 bits per heavy atom. The van der Waals surface area contributed by atoms with Crippen LogP contribution in [0.2, 0.25) is 0 Å². The molecule has 39 heavy (non-hydrogen) atoms. The number of carbonyl (C=O) groups is 1. The number of halogens is 3. The van der Waals surface area contributed by atoms with E-state index in [9.17, 15) is 22.7 Å². The Hall–Kier alpha value is -3.43. The van der Waals surface area contributed by atoms with Crippen molar-refractivity contribution in [3.8, 4) is 0 Å². The van der Waals surface area contributed by atoms with Crippen molar-refractivity contribution >= 4 is 39.1 Å². The zero-order valence-corrected chi connectivity index (χ0v) is 23.9. The van der Waals surface area contributed by atoms with E-state index in [-0.39, 0.29) is 30.6 Å². The van der Waals surface area contributed by atoms with Gasteiger partial charge in [-0.25, -0.2) is 12.8 Å². The molecule has 0 aromatic heterocycles. The van der Waals surface area contributed by atoms with E-state index in [0.717, 1.165) is 27.6 Å². The van der Waals surface area contributed by atoms with Gasteiger partial charge in [0.15, 0.2) is 5.76 Å². The van der Waals surface area contributed by atoms with Gasteiger partial charge in [-0.15, -0.1) is 0 Å². The Bertz CT molecular complexity index is 1360. The number of sulfonamides is 1. The summed E-state index contributed by atoms with van der Waals surface area (Å²) >= 11 is 11.4. The topological polar surface area (TPSA) is 86.7 Å². The molecule has 2 N–H and O–H groups in total. The Balaban J connectivity index is 3.38. The van der Waals surface area contributed by atoms with Crippen molar-refractivity contribution in [2.24, 2.45) is 0 Å². The van der Waals surface area contributed by atoms with Crippen LogP contribution in [-0.4, -0.2) is 36.3 Å². The van der Waals surface area contributed by atoms with Gasteiger partial charge in [0, 0.05) is 24.2 Å². The van der Waals surface area contributed by atoms with Crippen LogP contribution in [0.5, 0.6) is 0 Å². The molecule has 208 valence electrons. The maximum Gasteiger partial charge on any atom is 0.251 e. The van der Waals surface area contributed by atoms with Gasteiger partial charge in [0.25, 0.3) is 5.91 Å². The molecule has 1 unspecified atom stereocenters. The highest BCUT2D eigenvalue weighted by molar-refractivity contribution is 7.93. The summed E-state index contributed by atoms with van der Waals surface area (Å²) in [4.78, 5) is 12.1. The molecule has 10 heteroatoms. The third-order valence-corrected chi connectivity index (χ3v) is 7.30. The predicted octanol–water partition coefficient (Wildman–Crippen LogP) is 7.11. The van der Waals surface area contributed by atoms with Crippen LogP contribution in [0, 0.1) is 0 Å². The fourth-order valence-corrected chi connectivity index (χ4v) is 5.08. The van der Waals surface area contributed by atoms with Gasteiger partial charge in [0.1, 0.15) is 10.7 Å². The van der Waals surface area contributed by atoms with Crippen LogP contribution in [0.15, 0.2) is 132 Å². The van der Waals surface area contributed by atoms with Gasteiger partial charge in [0.05, 0.1) is 11.1 Å². The second-order valence-electron chi connectivity index (χ2n) is 8.12. The second-order valence-corrected chi connectivity index (χ2v) is 10.7. The molecule has 1 rings (SSSR count). The number of nitrogens with zero attached hydrogens (tertiary/aromatic N) is 1. The van der Waals surface area contributed by atoms with E-state index >= 15 is 0 Å². The van der Waals surface area contributed by atoms with Crippen LogP contribution in [0.25, 0.3) is 0 Å². The molecular formula is C29H31Cl2FN2O4S. The monoisotopic (exact) mass is 592 g/mol. The minimum atomic E-state index is -4.43. The van der Waals surface area contributed by atoms with E-state index in [1.165, 1.54) is 6.08 Å². The lowest BCUT2D eigenvalue weighted by Crippen LogP contribution is -2.34. The molecule has 0 bridgehead atoms. The van der Waals surface area contributed by atoms with Crippen LogP contribution in [0.3, 0.4) is 0 Å². The normalized spacial score (nSPS) is 13.7. The van der Waals surface area contributed by atoms with Gasteiger partial charge >= 0.3 is 0 Å². The van der Waals surface area contributed by atoms with Gasteiger partial charge in [-0.3, -0.25) is 4.79 Å². The molecule has 0 saturated heterocycles. The van der Waals surface area contributed by atoms with Gasteiger partial charge < -0.3 is 10.4 Å². The molecule has 1 aromatic carbocycles. The zero-order valence-electron chi connectivity index (χ0n) is 21.5. The zero-order chi connectivity index (χ0) is 29.8. The van der Waals surface area contributed by atoms with E-state index in [1.807, 2.05) is 0 Å². The number of aliphatic hydroxyl groups excluding tert-OH is 1. The first kappa shape index (κ1) is 33.6. The first-order valence-electron chi connectivity index (χ1n) is 11.4. The van der Waals surface area contributed by atoms with E-state index in [1.54, 1.807) is 49.4 Å². The maximum absolute atomic E-state index is 13.5. The molecule has 0 aliphatic heterocycles. The molecule has 0 radical (unpaired) electrons. The van der Waals surface area contributed by atoms with E-state index < -0.39 is 31.5 Å². The third-order valence-electron chi connectivity index (χ3n) is 5.17. The van der Waals surface area contributed by atoms with Gasteiger partial charge in [0.2, 0.25) is 10.0 Å². The average Bonchev–Trinajstić information content (AvgIpc) is 2.88. The van der Waals surface area contributed by atoms with Crippen LogP contribution in [0.4, 0.5) is 4.39 Å². The number of benzene rings is 1. The fraction of sp³-hybridized carbons (Fsp3) is 0.138. The molecular weight excluding hydrogens is 562 g/mol. The second kappa shape index (κ2) is 15.9. The summed E-state index contributed by atoms with van der Waals surface area (Å²) in [5.41, 5.74) is 2.76. The fourth-order valence-electron chi connectivity index (χ4n) is 3.18. The lowest BCUT2D eigenvalue weighted by Gasteiger charge is -2.24. The molecule has 0 aliphatic carbocycles. The van der Waals surface area contributed by atoms with Crippen molar-refractivity contribution in [1.82, 2.24) is 9.62 Å². The number of rotatable bonds is 15. The molecule has 0 fully saturated rings. The standard InChI is InChI=1S/C29H31Cl2FN2O4S/c1-7-9-25(8-2)23(6)33-29(36)26-14-12-24(13-15-26)19-34(18-20(3)10-11-21(4)32)39(37,38)27(16-17-30)28(35)22(5)31/h7-17,23,35H,1-5,18-19H2,6H3,(H,33,36)/b11-10-,17-16+,25-9+,28-27-. The van der Waals surface area contributed by atoms with Crippen LogP contribution in [-0.2, 0) is 16.6 Å². The van der Waals surface area contributed by atoms with Crippen molar-refractivity contribution in [1.29, 1.82) is 0 Å².